The molecular formula is C15H26N2O3. The van der Waals surface area contributed by atoms with E-state index in [4.69, 9.17) is 0 Å². The first kappa shape index (κ1) is 15.3. The number of carboxylic acids is 1. The van der Waals surface area contributed by atoms with Gasteiger partial charge in [-0.15, -0.1) is 0 Å². The van der Waals surface area contributed by atoms with Crippen molar-refractivity contribution in [2.24, 2.45) is 5.92 Å². The van der Waals surface area contributed by atoms with Crippen molar-refractivity contribution in [1.82, 2.24) is 10.2 Å². The SMILES string of the molecule is CCC(C)(C)NC(=O)C(C)N1C2CCC1C(C(=O)O)C2. The Kier molecular flexibility index (Phi) is 4.09. The number of aliphatic carboxylic acids is 1. The van der Waals surface area contributed by atoms with E-state index in [1.165, 1.54) is 0 Å². The molecule has 2 aliphatic heterocycles. The van der Waals surface area contributed by atoms with Gasteiger partial charge in [-0.25, -0.2) is 0 Å². The molecule has 0 radical (unpaired) electrons. The summed E-state index contributed by atoms with van der Waals surface area (Å²) in [5, 5.41) is 12.3. The number of hydrogen-bond acceptors (Lipinski definition) is 3. The van der Waals surface area contributed by atoms with Crippen molar-refractivity contribution in [3.8, 4) is 0 Å². The zero-order chi connectivity index (χ0) is 15.1. The maximum atomic E-state index is 12.4. The Morgan fingerprint density at radius 3 is 2.55 bits per heavy atom. The summed E-state index contributed by atoms with van der Waals surface area (Å²) >= 11 is 0. The standard InChI is InChI=1S/C15H26N2O3/c1-5-15(3,4)16-13(18)9(2)17-10-6-7-12(17)11(8-10)14(19)20/h9-12H,5-8H2,1-4H3,(H,16,18)(H,19,20). The van der Waals surface area contributed by atoms with Crippen LogP contribution in [-0.4, -0.2) is 45.5 Å². The molecular weight excluding hydrogens is 256 g/mol. The Hall–Kier alpha value is -1.10. The van der Waals surface area contributed by atoms with E-state index in [9.17, 15) is 14.7 Å². The number of rotatable bonds is 5. The van der Waals surface area contributed by atoms with E-state index in [1.54, 1.807) is 0 Å². The lowest BCUT2D eigenvalue weighted by Gasteiger charge is -2.32. The van der Waals surface area contributed by atoms with Crippen LogP contribution >= 0.6 is 0 Å². The molecule has 5 nitrogen and oxygen atoms in total. The minimum atomic E-state index is -0.719. The number of fused-ring (bicyclic) bond motifs is 2. The number of carbonyl (C=O) groups excluding carboxylic acids is 1. The van der Waals surface area contributed by atoms with Gasteiger partial charge in [0.2, 0.25) is 5.91 Å². The maximum Gasteiger partial charge on any atom is 0.308 e. The average molecular weight is 282 g/mol. The fourth-order valence-corrected chi connectivity index (χ4v) is 3.56. The minimum Gasteiger partial charge on any atom is -0.481 e. The second kappa shape index (κ2) is 5.35. The van der Waals surface area contributed by atoms with Crippen molar-refractivity contribution in [3.63, 3.8) is 0 Å². The second-order valence-corrected chi connectivity index (χ2v) is 6.83. The predicted molar refractivity (Wildman–Crippen MR) is 76.4 cm³/mol. The molecule has 2 saturated heterocycles. The first-order chi connectivity index (χ1) is 9.26. The van der Waals surface area contributed by atoms with Gasteiger partial charge >= 0.3 is 5.97 Å². The summed E-state index contributed by atoms with van der Waals surface area (Å²) in [7, 11) is 0. The molecule has 2 heterocycles. The summed E-state index contributed by atoms with van der Waals surface area (Å²) in [5.74, 6) is -1.01. The second-order valence-electron chi connectivity index (χ2n) is 6.83. The van der Waals surface area contributed by atoms with E-state index in [1.807, 2.05) is 27.7 Å². The average Bonchev–Trinajstić information content (AvgIpc) is 2.94. The number of carboxylic acid groups (broad SMARTS) is 1. The van der Waals surface area contributed by atoms with E-state index in [-0.39, 0.29) is 35.5 Å². The Labute approximate surface area is 120 Å². The van der Waals surface area contributed by atoms with Crippen molar-refractivity contribution >= 4 is 11.9 Å². The number of hydrogen-bond donors (Lipinski definition) is 2. The first-order valence-corrected chi connectivity index (χ1v) is 7.59. The highest BCUT2D eigenvalue weighted by molar-refractivity contribution is 5.82. The molecule has 2 bridgehead atoms. The van der Waals surface area contributed by atoms with Crippen LogP contribution < -0.4 is 5.32 Å². The third-order valence-electron chi connectivity index (χ3n) is 5.08. The fourth-order valence-electron chi connectivity index (χ4n) is 3.56. The van der Waals surface area contributed by atoms with Crippen LogP contribution in [-0.2, 0) is 9.59 Å². The predicted octanol–water partition coefficient (Wildman–Crippen LogP) is 1.62. The smallest absolute Gasteiger partial charge is 0.308 e. The van der Waals surface area contributed by atoms with Gasteiger partial charge in [0.25, 0.3) is 0 Å². The highest BCUT2D eigenvalue weighted by Gasteiger charge is 2.52. The van der Waals surface area contributed by atoms with Crippen LogP contribution in [0.2, 0.25) is 0 Å². The van der Waals surface area contributed by atoms with E-state index in [0.717, 1.165) is 19.3 Å². The molecule has 20 heavy (non-hydrogen) atoms. The highest BCUT2D eigenvalue weighted by atomic mass is 16.4. The molecule has 4 atom stereocenters. The monoisotopic (exact) mass is 282 g/mol. The Balaban J connectivity index is 2.05. The van der Waals surface area contributed by atoms with E-state index >= 15 is 0 Å². The molecule has 0 aromatic rings. The zero-order valence-corrected chi connectivity index (χ0v) is 12.8. The van der Waals surface area contributed by atoms with Gasteiger partial charge in [0.05, 0.1) is 12.0 Å². The van der Waals surface area contributed by atoms with Gasteiger partial charge in [-0.2, -0.15) is 0 Å². The van der Waals surface area contributed by atoms with Crippen molar-refractivity contribution in [2.75, 3.05) is 0 Å². The van der Waals surface area contributed by atoms with Crippen molar-refractivity contribution in [3.05, 3.63) is 0 Å². The van der Waals surface area contributed by atoms with Gasteiger partial charge in [0.15, 0.2) is 0 Å². The maximum absolute atomic E-state index is 12.4. The lowest BCUT2D eigenvalue weighted by atomic mass is 9.89. The zero-order valence-electron chi connectivity index (χ0n) is 12.8. The van der Waals surface area contributed by atoms with Gasteiger partial charge in [0.1, 0.15) is 0 Å². The molecule has 1 amide bonds. The lowest BCUT2D eigenvalue weighted by molar-refractivity contribution is -0.143. The van der Waals surface area contributed by atoms with Crippen LogP contribution in [0.25, 0.3) is 0 Å². The lowest BCUT2D eigenvalue weighted by Crippen LogP contribution is -2.53. The van der Waals surface area contributed by atoms with E-state index in [2.05, 4.69) is 10.2 Å². The van der Waals surface area contributed by atoms with Gasteiger partial charge in [-0.1, -0.05) is 6.92 Å². The summed E-state index contributed by atoms with van der Waals surface area (Å²) < 4.78 is 0. The Morgan fingerprint density at radius 2 is 2.05 bits per heavy atom. The molecule has 0 saturated carbocycles. The first-order valence-electron chi connectivity index (χ1n) is 7.59. The number of nitrogens with zero attached hydrogens (tertiary/aromatic N) is 1. The number of amides is 1. The van der Waals surface area contributed by atoms with Gasteiger partial charge in [-0.05, 0) is 46.5 Å². The summed E-state index contributed by atoms with van der Waals surface area (Å²) in [6, 6.07) is 0.0391. The molecule has 0 aliphatic carbocycles. The van der Waals surface area contributed by atoms with Crippen LogP contribution in [0.4, 0.5) is 0 Å². The molecule has 5 heteroatoms. The Morgan fingerprint density at radius 1 is 1.40 bits per heavy atom. The largest absolute Gasteiger partial charge is 0.481 e. The molecule has 114 valence electrons. The topological polar surface area (TPSA) is 69.6 Å². The quantitative estimate of drug-likeness (QED) is 0.804. The van der Waals surface area contributed by atoms with Crippen LogP contribution in [0.1, 0.15) is 53.4 Å². The van der Waals surface area contributed by atoms with E-state index in [0.29, 0.717) is 6.42 Å². The van der Waals surface area contributed by atoms with Crippen LogP contribution in [0, 0.1) is 5.92 Å². The molecule has 2 N–H and O–H groups in total. The molecule has 0 aromatic carbocycles. The van der Waals surface area contributed by atoms with Gasteiger partial charge in [0, 0.05) is 17.6 Å². The van der Waals surface area contributed by atoms with Crippen molar-refractivity contribution in [1.29, 1.82) is 0 Å². The van der Waals surface area contributed by atoms with Crippen LogP contribution in [0.15, 0.2) is 0 Å². The summed E-state index contributed by atoms with van der Waals surface area (Å²) in [6.45, 7) is 7.97. The normalized spacial score (nSPS) is 31.3. The third-order valence-corrected chi connectivity index (χ3v) is 5.08. The molecule has 0 spiro atoms. The van der Waals surface area contributed by atoms with Gasteiger partial charge < -0.3 is 10.4 Å². The molecule has 4 unspecified atom stereocenters. The molecule has 0 aromatic heterocycles. The van der Waals surface area contributed by atoms with Crippen molar-refractivity contribution < 1.29 is 14.7 Å². The molecule has 2 rings (SSSR count). The summed E-state index contributed by atoms with van der Waals surface area (Å²) in [6.07, 6.45) is 3.48. The van der Waals surface area contributed by atoms with E-state index < -0.39 is 5.97 Å². The Bertz CT molecular complexity index is 408. The molecule has 2 aliphatic rings. The van der Waals surface area contributed by atoms with Gasteiger partial charge in [-0.3, -0.25) is 14.5 Å². The summed E-state index contributed by atoms with van der Waals surface area (Å²) in [5.41, 5.74) is -0.212. The number of carbonyl (C=O) groups is 2. The molecule has 2 fully saturated rings. The minimum absolute atomic E-state index is 0.0137. The van der Waals surface area contributed by atoms with Crippen LogP contribution in [0.5, 0.6) is 0 Å². The summed E-state index contributed by atoms with van der Waals surface area (Å²) in [4.78, 5) is 25.8. The third kappa shape index (κ3) is 2.68. The van der Waals surface area contributed by atoms with Crippen LogP contribution in [0.3, 0.4) is 0 Å². The number of nitrogens with one attached hydrogen (secondary N) is 1. The van der Waals surface area contributed by atoms with Crippen molar-refractivity contribution in [2.45, 2.75) is 77.0 Å². The highest BCUT2D eigenvalue weighted by Crippen LogP contribution is 2.43. The fraction of sp³-hybridized carbons (Fsp3) is 0.867.